The van der Waals surface area contributed by atoms with Crippen LogP contribution in [0.5, 0.6) is 5.75 Å². The molecule has 0 unspecified atom stereocenters. The summed E-state index contributed by atoms with van der Waals surface area (Å²) in [7, 11) is -1.89. The Hall–Kier alpha value is -2.08. The minimum absolute atomic E-state index is 0.184. The largest absolute Gasteiger partial charge is 0.494 e. The van der Waals surface area contributed by atoms with Crippen molar-refractivity contribution >= 4 is 15.7 Å². The number of hydrogen-bond acceptors (Lipinski definition) is 3. The molecule has 0 heterocycles. The molecule has 0 aliphatic rings. The SMILES string of the molecule is COc1ccc(-c2ccc(NS(C)(=O)=O)cc2)cc1F. The number of halogens is 1. The Kier molecular flexibility index (Phi) is 3.94. The van der Waals surface area contributed by atoms with Crippen LogP contribution in [0.3, 0.4) is 0 Å². The van der Waals surface area contributed by atoms with Crippen LogP contribution >= 0.6 is 0 Å². The summed E-state index contributed by atoms with van der Waals surface area (Å²) < 4.78 is 43.0. The fourth-order valence-electron chi connectivity index (χ4n) is 1.79. The van der Waals surface area contributed by atoms with Crippen LogP contribution in [0, 0.1) is 5.82 Å². The van der Waals surface area contributed by atoms with Gasteiger partial charge in [0.15, 0.2) is 11.6 Å². The van der Waals surface area contributed by atoms with Gasteiger partial charge >= 0.3 is 0 Å². The van der Waals surface area contributed by atoms with E-state index in [-0.39, 0.29) is 5.75 Å². The van der Waals surface area contributed by atoms with Crippen molar-refractivity contribution in [3.05, 3.63) is 48.3 Å². The maximum absolute atomic E-state index is 13.6. The molecule has 106 valence electrons. The molecule has 2 rings (SSSR count). The summed E-state index contributed by atoms with van der Waals surface area (Å²) in [6.45, 7) is 0. The van der Waals surface area contributed by atoms with Gasteiger partial charge in [0.1, 0.15) is 0 Å². The molecule has 0 bridgehead atoms. The summed E-state index contributed by atoms with van der Waals surface area (Å²) in [5.74, 6) is -0.257. The Morgan fingerprint density at radius 3 is 2.15 bits per heavy atom. The zero-order valence-electron chi connectivity index (χ0n) is 11.1. The van der Waals surface area contributed by atoms with E-state index in [2.05, 4.69) is 4.72 Å². The molecule has 20 heavy (non-hydrogen) atoms. The first kappa shape index (κ1) is 14.3. The first-order chi connectivity index (χ1) is 9.39. The first-order valence-electron chi connectivity index (χ1n) is 5.81. The number of anilines is 1. The van der Waals surface area contributed by atoms with Crippen molar-refractivity contribution in [3.8, 4) is 16.9 Å². The van der Waals surface area contributed by atoms with Crippen LogP contribution in [0.4, 0.5) is 10.1 Å². The highest BCUT2D eigenvalue weighted by molar-refractivity contribution is 7.92. The van der Waals surface area contributed by atoms with Crippen LogP contribution in [-0.4, -0.2) is 21.8 Å². The Labute approximate surface area is 117 Å². The van der Waals surface area contributed by atoms with E-state index in [4.69, 9.17) is 4.74 Å². The molecule has 0 aliphatic carbocycles. The molecule has 6 heteroatoms. The molecule has 1 N–H and O–H groups in total. The fourth-order valence-corrected chi connectivity index (χ4v) is 2.35. The third-order valence-corrected chi connectivity index (χ3v) is 3.28. The normalized spacial score (nSPS) is 11.2. The van der Waals surface area contributed by atoms with Crippen molar-refractivity contribution in [1.29, 1.82) is 0 Å². The highest BCUT2D eigenvalue weighted by Gasteiger charge is 2.06. The lowest BCUT2D eigenvalue weighted by Gasteiger charge is -2.07. The van der Waals surface area contributed by atoms with Gasteiger partial charge in [0.2, 0.25) is 10.0 Å². The zero-order valence-corrected chi connectivity index (χ0v) is 11.9. The molecule has 4 nitrogen and oxygen atoms in total. The average Bonchev–Trinajstić information content (AvgIpc) is 2.37. The topological polar surface area (TPSA) is 55.4 Å². The molecular weight excluding hydrogens is 281 g/mol. The van der Waals surface area contributed by atoms with Crippen molar-refractivity contribution < 1.29 is 17.5 Å². The third kappa shape index (κ3) is 3.48. The summed E-state index contributed by atoms with van der Waals surface area (Å²) in [4.78, 5) is 0. The van der Waals surface area contributed by atoms with E-state index in [0.717, 1.165) is 11.8 Å². The number of sulfonamides is 1. The van der Waals surface area contributed by atoms with E-state index in [9.17, 15) is 12.8 Å². The molecule has 0 atom stereocenters. The van der Waals surface area contributed by atoms with Gasteiger partial charge in [-0.25, -0.2) is 12.8 Å². The predicted molar refractivity (Wildman–Crippen MR) is 76.9 cm³/mol. The van der Waals surface area contributed by atoms with Crippen LogP contribution in [0.1, 0.15) is 0 Å². The molecule has 0 saturated heterocycles. The van der Waals surface area contributed by atoms with Crippen molar-refractivity contribution in [3.63, 3.8) is 0 Å². The quantitative estimate of drug-likeness (QED) is 0.943. The van der Waals surface area contributed by atoms with Gasteiger partial charge < -0.3 is 4.74 Å². The van der Waals surface area contributed by atoms with Gasteiger partial charge in [-0.3, -0.25) is 4.72 Å². The van der Waals surface area contributed by atoms with Crippen LogP contribution in [0.25, 0.3) is 11.1 Å². The number of nitrogens with one attached hydrogen (secondary N) is 1. The summed E-state index contributed by atoms with van der Waals surface area (Å²) in [5.41, 5.74) is 1.94. The lowest BCUT2D eigenvalue weighted by molar-refractivity contribution is 0.386. The number of ether oxygens (including phenoxy) is 1. The van der Waals surface area contributed by atoms with Gasteiger partial charge in [-0.1, -0.05) is 18.2 Å². The van der Waals surface area contributed by atoms with E-state index >= 15 is 0 Å². The standard InChI is InChI=1S/C14H14FNO3S/c1-19-14-8-5-11(9-13(14)15)10-3-6-12(7-4-10)16-20(2,17)18/h3-9,16H,1-2H3. The second kappa shape index (κ2) is 5.50. The van der Waals surface area contributed by atoms with Gasteiger partial charge in [-0.2, -0.15) is 0 Å². The van der Waals surface area contributed by atoms with Gasteiger partial charge in [-0.05, 0) is 35.4 Å². The lowest BCUT2D eigenvalue weighted by atomic mass is 10.1. The lowest BCUT2D eigenvalue weighted by Crippen LogP contribution is -2.09. The Bertz CT molecular complexity index is 712. The van der Waals surface area contributed by atoms with Crippen LogP contribution in [-0.2, 0) is 10.0 Å². The smallest absolute Gasteiger partial charge is 0.229 e. The number of hydrogen-bond donors (Lipinski definition) is 1. The molecule has 2 aromatic rings. The average molecular weight is 295 g/mol. The monoisotopic (exact) mass is 295 g/mol. The third-order valence-electron chi connectivity index (χ3n) is 2.67. The predicted octanol–water partition coefficient (Wildman–Crippen LogP) is 2.87. The number of rotatable bonds is 4. The fraction of sp³-hybridized carbons (Fsp3) is 0.143. The molecule has 0 saturated carbocycles. The first-order valence-corrected chi connectivity index (χ1v) is 7.70. The zero-order chi connectivity index (χ0) is 14.8. The van der Waals surface area contributed by atoms with Crippen molar-refractivity contribution in [2.24, 2.45) is 0 Å². The minimum atomic E-state index is -3.30. The minimum Gasteiger partial charge on any atom is -0.494 e. The van der Waals surface area contributed by atoms with Crippen molar-refractivity contribution in [2.75, 3.05) is 18.1 Å². The van der Waals surface area contributed by atoms with Crippen LogP contribution in [0.2, 0.25) is 0 Å². The maximum Gasteiger partial charge on any atom is 0.229 e. The van der Waals surface area contributed by atoms with Crippen LogP contribution < -0.4 is 9.46 Å². The molecule has 0 amide bonds. The molecule has 0 aromatic heterocycles. The van der Waals surface area contributed by atoms with Crippen LogP contribution in [0.15, 0.2) is 42.5 Å². The maximum atomic E-state index is 13.6. The van der Waals surface area contributed by atoms with Crippen molar-refractivity contribution in [1.82, 2.24) is 0 Å². The molecule has 2 aromatic carbocycles. The summed E-state index contributed by atoms with van der Waals surface area (Å²) in [5, 5.41) is 0. The van der Waals surface area contributed by atoms with Gasteiger partial charge in [0, 0.05) is 5.69 Å². The van der Waals surface area contributed by atoms with E-state index in [1.54, 1.807) is 36.4 Å². The highest BCUT2D eigenvalue weighted by atomic mass is 32.2. The Morgan fingerprint density at radius 1 is 1.05 bits per heavy atom. The van der Waals surface area contributed by atoms with E-state index in [1.807, 2.05) is 0 Å². The van der Waals surface area contributed by atoms with E-state index in [0.29, 0.717) is 11.3 Å². The summed E-state index contributed by atoms with van der Waals surface area (Å²) in [6.07, 6.45) is 1.08. The highest BCUT2D eigenvalue weighted by Crippen LogP contribution is 2.26. The molecule has 0 spiro atoms. The van der Waals surface area contributed by atoms with E-state index in [1.165, 1.54) is 13.2 Å². The Morgan fingerprint density at radius 2 is 1.65 bits per heavy atom. The number of benzene rings is 2. The molecule has 0 aliphatic heterocycles. The summed E-state index contributed by atoms with van der Waals surface area (Å²) >= 11 is 0. The molecule has 0 radical (unpaired) electrons. The summed E-state index contributed by atoms with van der Waals surface area (Å²) in [6, 6.07) is 11.3. The Balaban J connectivity index is 2.28. The molecular formula is C14H14FNO3S. The second-order valence-electron chi connectivity index (χ2n) is 4.30. The van der Waals surface area contributed by atoms with E-state index < -0.39 is 15.8 Å². The second-order valence-corrected chi connectivity index (χ2v) is 6.05. The number of methoxy groups -OCH3 is 1. The van der Waals surface area contributed by atoms with Gasteiger partial charge in [-0.15, -0.1) is 0 Å². The van der Waals surface area contributed by atoms with Gasteiger partial charge in [0.05, 0.1) is 13.4 Å². The van der Waals surface area contributed by atoms with Crippen molar-refractivity contribution in [2.45, 2.75) is 0 Å². The molecule has 0 fully saturated rings. The van der Waals surface area contributed by atoms with Gasteiger partial charge in [0.25, 0.3) is 0 Å².